The molecule has 0 aliphatic carbocycles. The topological polar surface area (TPSA) is 87.3 Å². The molecule has 3 rings (SSSR count). The van der Waals surface area contributed by atoms with E-state index < -0.39 is 23.5 Å². The lowest BCUT2D eigenvalue weighted by molar-refractivity contribution is -0.137. The molecule has 0 amide bonds. The monoisotopic (exact) mass is 367 g/mol. The molecule has 2 N–H and O–H groups in total. The fourth-order valence-corrected chi connectivity index (χ4v) is 2.49. The maximum absolute atomic E-state index is 14.1. The third-order valence-electron chi connectivity index (χ3n) is 3.81. The highest BCUT2D eigenvalue weighted by Gasteiger charge is 2.31. The zero-order chi connectivity index (χ0) is 19.1. The van der Waals surface area contributed by atoms with Crippen LogP contribution in [0.5, 0.6) is 0 Å². The van der Waals surface area contributed by atoms with E-state index >= 15 is 0 Å². The van der Waals surface area contributed by atoms with Crippen molar-refractivity contribution in [2.24, 2.45) is 0 Å². The third kappa shape index (κ3) is 3.48. The first-order valence-corrected chi connectivity index (χ1v) is 7.52. The molecule has 0 aliphatic heterocycles. The van der Waals surface area contributed by atoms with Crippen LogP contribution in [0.4, 0.5) is 17.6 Å². The summed E-state index contributed by atoms with van der Waals surface area (Å²) in [5.41, 5.74) is -1.14. The van der Waals surface area contributed by atoms with Crippen molar-refractivity contribution in [1.29, 1.82) is 0 Å². The van der Waals surface area contributed by atoms with Gasteiger partial charge in [0.05, 0.1) is 5.56 Å². The van der Waals surface area contributed by atoms with Crippen LogP contribution in [0.2, 0.25) is 0 Å². The molecular weight excluding hydrogens is 354 g/mol. The molecule has 1 atom stereocenters. The molecule has 136 valence electrons. The van der Waals surface area contributed by atoms with E-state index in [1.165, 1.54) is 6.07 Å². The second-order valence-corrected chi connectivity index (χ2v) is 5.73. The highest BCUT2D eigenvalue weighted by Crippen LogP contribution is 2.32. The quantitative estimate of drug-likeness (QED) is 0.696. The molecule has 0 radical (unpaired) electrons. The Kier molecular flexibility index (Phi) is 4.34. The predicted octanol–water partition coefficient (Wildman–Crippen LogP) is 3.17. The van der Waals surface area contributed by atoms with Gasteiger partial charge in [0.2, 0.25) is 0 Å². The van der Waals surface area contributed by atoms with E-state index in [1.54, 1.807) is 13.8 Å². The van der Waals surface area contributed by atoms with Crippen molar-refractivity contribution in [3.8, 4) is 11.5 Å². The lowest BCUT2D eigenvalue weighted by Gasteiger charge is -2.12. The summed E-state index contributed by atoms with van der Waals surface area (Å²) in [7, 11) is 0. The number of nitrogens with zero attached hydrogens (tertiary/aromatic N) is 3. The zero-order valence-electron chi connectivity index (χ0n) is 13.6. The van der Waals surface area contributed by atoms with Gasteiger partial charge in [-0.15, -0.1) is 10.2 Å². The summed E-state index contributed by atoms with van der Waals surface area (Å²) < 4.78 is 52.1. The van der Waals surface area contributed by atoms with E-state index in [0.717, 1.165) is 12.1 Å². The van der Waals surface area contributed by atoms with Gasteiger partial charge in [-0.2, -0.15) is 13.2 Å². The number of hydrogen-bond donors (Lipinski definition) is 2. The highest BCUT2D eigenvalue weighted by atomic mass is 19.4. The van der Waals surface area contributed by atoms with Crippen LogP contribution in [0.15, 0.2) is 29.1 Å². The van der Waals surface area contributed by atoms with Crippen LogP contribution in [-0.4, -0.2) is 25.1 Å². The van der Waals surface area contributed by atoms with E-state index in [0.29, 0.717) is 11.9 Å². The summed E-state index contributed by atoms with van der Waals surface area (Å²) >= 11 is 0. The Bertz CT molecular complexity index is 1010. The number of aromatic amines is 2. The highest BCUT2D eigenvalue weighted by molar-refractivity contribution is 5.48. The molecular formula is C16H13F4N5O. The minimum absolute atomic E-state index is 0.0377. The van der Waals surface area contributed by atoms with Gasteiger partial charge in [-0.25, -0.2) is 9.37 Å². The van der Waals surface area contributed by atoms with Crippen molar-refractivity contribution in [3.05, 3.63) is 63.2 Å². The standard InChI is InChI=1S/C16H13F4N5O/c1-7(10-4-3-9(5-11(10)17)16(18,19)20)14-23-15(25-24-14)12-6-13(26)22-8(2)21-12/h3-7H,1-2H3,(H,21,22,26)(H,23,24,25)/t7-/m1/s1. The first kappa shape index (κ1) is 17.8. The molecule has 2 aromatic heterocycles. The van der Waals surface area contributed by atoms with Gasteiger partial charge < -0.3 is 9.97 Å². The Balaban J connectivity index is 1.93. The molecule has 0 spiro atoms. The van der Waals surface area contributed by atoms with Crippen molar-refractivity contribution >= 4 is 0 Å². The van der Waals surface area contributed by atoms with Crippen molar-refractivity contribution in [3.63, 3.8) is 0 Å². The molecule has 3 aromatic rings. The maximum atomic E-state index is 14.1. The number of aryl methyl sites for hydroxylation is 1. The smallest absolute Gasteiger partial charge is 0.323 e. The number of benzene rings is 1. The number of aromatic nitrogens is 5. The largest absolute Gasteiger partial charge is 0.416 e. The van der Waals surface area contributed by atoms with Crippen LogP contribution in [0.3, 0.4) is 0 Å². The summed E-state index contributed by atoms with van der Waals surface area (Å²) in [4.78, 5) is 20.9. The van der Waals surface area contributed by atoms with Gasteiger partial charge >= 0.3 is 6.18 Å². The number of nitrogens with one attached hydrogen (secondary N) is 2. The van der Waals surface area contributed by atoms with Crippen LogP contribution in [-0.2, 0) is 6.18 Å². The first-order valence-electron chi connectivity index (χ1n) is 7.52. The third-order valence-corrected chi connectivity index (χ3v) is 3.81. The molecule has 26 heavy (non-hydrogen) atoms. The summed E-state index contributed by atoms with van der Waals surface area (Å²) in [6, 6.07) is 3.56. The molecule has 2 heterocycles. The van der Waals surface area contributed by atoms with Crippen LogP contribution in [0.1, 0.15) is 35.6 Å². The van der Waals surface area contributed by atoms with E-state index in [1.807, 2.05) is 0 Å². The second-order valence-electron chi connectivity index (χ2n) is 5.73. The Labute approximate surface area is 144 Å². The second kappa shape index (κ2) is 6.36. The molecule has 6 nitrogen and oxygen atoms in total. The Morgan fingerprint density at radius 1 is 1.12 bits per heavy atom. The van der Waals surface area contributed by atoms with E-state index in [-0.39, 0.29) is 28.5 Å². The summed E-state index contributed by atoms with van der Waals surface area (Å²) in [5.74, 6) is -0.851. The summed E-state index contributed by atoms with van der Waals surface area (Å²) in [5, 5.41) is 7.77. The number of H-pyrrole nitrogens is 2. The average molecular weight is 367 g/mol. The van der Waals surface area contributed by atoms with Gasteiger partial charge in [-0.3, -0.25) is 4.79 Å². The molecule has 0 unspecified atom stereocenters. The zero-order valence-corrected chi connectivity index (χ0v) is 13.6. The molecule has 0 saturated carbocycles. The Morgan fingerprint density at radius 3 is 2.46 bits per heavy atom. The summed E-state index contributed by atoms with van der Waals surface area (Å²) in [6.07, 6.45) is -4.62. The van der Waals surface area contributed by atoms with E-state index in [9.17, 15) is 22.4 Å². The molecule has 0 bridgehead atoms. The van der Waals surface area contributed by atoms with Gasteiger partial charge in [0.25, 0.3) is 5.56 Å². The summed E-state index contributed by atoms with van der Waals surface area (Å²) in [6.45, 7) is 3.18. The van der Waals surface area contributed by atoms with Crippen LogP contribution in [0.25, 0.3) is 11.5 Å². The number of rotatable bonds is 3. The van der Waals surface area contributed by atoms with Crippen LogP contribution in [0, 0.1) is 12.7 Å². The van der Waals surface area contributed by atoms with Crippen molar-refractivity contribution in [2.45, 2.75) is 25.9 Å². The normalized spacial score (nSPS) is 13.0. The molecule has 10 heteroatoms. The van der Waals surface area contributed by atoms with E-state index in [4.69, 9.17) is 0 Å². The number of hydrogen-bond acceptors (Lipinski definition) is 4. The van der Waals surface area contributed by atoms with Crippen molar-refractivity contribution < 1.29 is 17.6 Å². The molecule has 0 aliphatic rings. The van der Waals surface area contributed by atoms with Gasteiger partial charge in [0.1, 0.15) is 23.2 Å². The SMILES string of the molecule is Cc1nc(-c2nnc([C@H](C)c3ccc(C(F)(F)F)cc3F)[nH]2)cc(=O)[nH]1. The van der Waals surface area contributed by atoms with E-state index in [2.05, 4.69) is 25.1 Å². The lowest BCUT2D eigenvalue weighted by Crippen LogP contribution is -2.09. The fraction of sp³-hybridized carbons (Fsp3) is 0.250. The minimum atomic E-state index is -4.62. The number of halogens is 4. The molecule has 1 aromatic carbocycles. The fourth-order valence-electron chi connectivity index (χ4n) is 2.49. The first-order chi connectivity index (χ1) is 12.1. The molecule has 0 fully saturated rings. The lowest BCUT2D eigenvalue weighted by atomic mass is 9.98. The van der Waals surface area contributed by atoms with Crippen LogP contribution >= 0.6 is 0 Å². The Hall–Kier alpha value is -3.04. The van der Waals surface area contributed by atoms with Crippen molar-refractivity contribution in [2.75, 3.05) is 0 Å². The average Bonchev–Trinajstić information content (AvgIpc) is 3.02. The predicted molar refractivity (Wildman–Crippen MR) is 83.9 cm³/mol. The van der Waals surface area contributed by atoms with Gasteiger partial charge in [0.15, 0.2) is 5.82 Å². The maximum Gasteiger partial charge on any atom is 0.416 e. The Morgan fingerprint density at radius 2 is 1.85 bits per heavy atom. The number of alkyl halides is 3. The minimum Gasteiger partial charge on any atom is -0.323 e. The van der Waals surface area contributed by atoms with Gasteiger partial charge in [0, 0.05) is 12.0 Å². The van der Waals surface area contributed by atoms with Gasteiger partial charge in [-0.1, -0.05) is 13.0 Å². The van der Waals surface area contributed by atoms with Crippen LogP contribution < -0.4 is 5.56 Å². The van der Waals surface area contributed by atoms with Gasteiger partial charge in [-0.05, 0) is 24.6 Å². The molecule has 0 saturated heterocycles. The van der Waals surface area contributed by atoms with Crippen molar-refractivity contribution in [1.82, 2.24) is 25.1 Å².